The lowest BCUT2D eigenvalue weighted by atomic mass is 9.79. The summed E-state index contributed by atoms with van der Waals surface area (Å²) in [7, 11) is 2.12. The number of likely N-dealkylation sites (tertiary alicyclic amines) is 1. The van der Waals surface area contributed by atoms with E-state index in [0.717, 1.165) is 13.0 Å². The number of amides is 1. The minimum Gasteiger partial charge on any atom is -0.473 e. The van der Waals surface area contributed by atoms with E-state index in [1.54, 1.807) is 19.3 Å². The van der Waals surface area contributed by atoms with E-state index in [0.29, 0.717) is 23.2 Å². The Kier molecular flexibility index (Phi) is 5.38. The van der Waals surface area contributed by atoms with Crippen LogP contribution in [0.15, 0.2) is 30.9 Å². The molecule has 9 heteroatoms. The smallest absolute Gasteiger partial charge is 0.275 e. The summed E-state index contributed by atoms with van der Waals surface area (Å²) >= 11 is 0. The summed E-state index contributed by atoms with van der Waals surface area (Å²) in [5, 5.41) is 2.65. The highest BCUT2D eigenvalue weighted by Gasteiger charge is 2.40. The Hall–Kier alpha value is -3.07. The Bertz CT molecular complexity index is 1110. The zero-order valence-electron chi connectivity index (χ0n) is 18.4. The second-order valence-electron chi connectivity index (χ2n) is 8.69. The fourth-order valence-electron chi connectivity index (χ4n) is 3.91. The number of pyridine rings is 1. The van der Waals surface area contributed by atoms with Gasteiger partial charge in [-0.05, 0) is 34.2 Å². The first kappa shape index (κ1) is 21.2. The molecule has 164 valence electrons. The maximum Gasteiger partial charge on any atom is 0.275 e. The fraction of sp³-hybridized carbons (Fsp3) is 0.455. The molecule has 0 spiro atoms. The summed E-state index contributed by atoms with van der Waals surface area (Å²) in [6.07, 6.45) is 7.03. The van der Waals surface area contributed by atoms with Crippen LogP contribution in [0, 0.1) is 18.7 Å². The van der Waals surface area contributed by atoms with E-state index in [9.17, 15) is 9.18 Å². The van der Waals surface area contributed by atoms with Crippen molar-refractivity contribution in [1.29, 1.82) is 0 Å². The quantitative estimate of drug-likeness (QED) is 0.689. The Labute approximate surface area is 180 Å². The number of carbonyl (C=O) groups excluding carboxylic acids is 1. The van der Waals surface area contributed by atoms with Crippen LogP contribution in [0.1, 0.15) is 43.4 Å². The average molecular weight is 426 g/mol. The van der Waals surface area contributed by atoms with Gasteiger partial charge in [0.1, 0.15) is 11.8 Å². The minimum atomic E-state index is -0.518. The number of anilines is 1. The normalized spacial score (nSPS) is 21.2. The van der Waals surface area contributed by atoms with Gasteiger partial charge in [-0.2, -0.15) is 0 Å². The van der Waals surface area contributed by atoms with Crippen molar-refractivity contribution in [3.8, 4) is 5.88 Å². The van der Waals surface area contributed by atoms with Crippen LogP contribution in [0.25, 0.3) is 5.65 Å². The van der Waals surface area contributed by atoms with Crippen molar-refractivity contribution in [2.24, 2.45) is 5.92 Å². The number of aryl methyl sites for hydroxylation is 1. The lowest BCUT2D eigenvalue weighted by Gasteiger charge is -2.48. The third-order valence-corrected chi connectivity index (χ3v) is 6.42. The molecule has 0 aliphatic carbocycles. The molecule has 3 aromatic heterocycles. The number of fused-ring (bicyclic) bond motifs is 1. The molecule has 1 amide bonds. The van der Waals surface area contributed by atoms with Gasteiger partial charge in [-0.15, -0.1) is 0 Å². The summed E-state index contributed by atoms with van der Waals surface area (Å²) < 4.78 is 21.8. The zero-order chi connectivity index (χ0) is 22.3. The maximum atomic E-state index is 14.2. The van der Waals surface area contributed by atoms with Crippen molar-refractivity contribution >= 4 is 17.2 Å². The standard InChI is InChI=1S/C22H27FN6O2/c1-13-11-29-12-15(8-16(23)20(29)26-13)27-21(30)17-9-25-19(10-24-17)31-18-6-7-28(5)22(3,4)14(18)2/h8-12,14,18H,6-7H2,1-5H3,(H,27,30). The van der Waals surface area contributed by atoms with E-state index in [2.05, 4.69) is 53.0 Å². The Morgan fingerprint density at radius 3 is 2.77 bits per heavy atom. The third-order valence-electron chi connectivity index (χ3n) is 6.42. The molecule has 8 nitrogen and oxygen atoms in total. The van der Waals surface area contributed by atoms with Gasteiger partial charge in [0.2, 0.25) is 5.88 Å². The number of nitrogens with zero attached hydrogens (tertiary/aromatic N) is 5. The van der Waals surface area contributed by atoms with Crippen LogP contribution in [0.5, 0.6) is 5.88 Å². The predicted molar refractivity (Wildman–Crippen MR) is 115 cm³/mol. The molecule has 4 heterocycles. The number of ether oxygens (including phenoxy) is 1. The van der Waals surface area contributed by atoms with Gasteiger partial charge >= 0.3 is 0 Å². The molecule has 0 radical (unpaired) electrons. The highest BCUT2D eigenvalue weighted by atomic mass is 19.1. The minimum absolute atomic E-state index is 0.0142. The molecule has 1 N–H and O–H groups in total. The zero-order valence-corrected chi connectivity index (χ0v) is 18.4. The maximum absolute atomic E-state index is 14.2. The van der Waals surface area contributed by atoms with Crippen LogP contribution in [0.2, 0.25) is 0 Å². The van der Waals surface area contributed by atoms with Crippen molar-refractivity contribution in [3.63, 3.8) is 0 Å². The molecule has 1 aliphatic rings. The van der Waals surface area contributed by atoms with Gasteiger partial charge in [-0.1, -0.05) is 6.92 Å². The molecule has 4 rings (SSSR count). The van der Waals surface area contributed by atoms with Gasteiger partial charge in [-0.3, -0.25) is 4.79 Å². The first-order chi connectivity index (χ1) is 14.6. The van der Waals surface area contributed by atoms with Crippen molar-refractivity contribution < 1.29 is 13.9 Å². The number of aromatic nitrogens is 4. The number of hydrogen-bond acceptors (Lipinski definition) is 6. The molecular weight excluding hydrogens is 399 g/mol. The highest BCUT2D eigenvalue weighted by molar-refractivity contribution is 6.02. The van der Waals surface area contributed by atoms with Crippen molar-refractivity contribution in [3.05, 3.63) is 48.1 Å². The molecule has 1 saturated heterocycles. The van der Waals surface area contributed by atoms with Crippen LogP contribution >= 0.6 is 0 Å². The van der Waals surface area contributed by atoms with Gasteiger partial charge in [0, 0.05) is 36.5 Å². The van der Waals surface area contributed by atoms with E-state index in [1.807, 2.05) is 0 Å². The number of nitrogens with one attached hydrogen (secondary N) is 1. The van der Waals surface area contributed by atoms with Crippen LogP contribution in [-0.2, 0) is 0 Å². The third kappa shape index (κ3) is 4.10. The Balaban J connectivity index is 1.44. The van der Waals surface area contributed by atoms with Crippen LogP contribution < -0.4 is 10.1 Å². The summed E-state index contributed by atoms with van der Waals surface area (Å²) in [6, 6.07) is 1.23. The molecular formula is C22H27FN6O2. The van der Waals surface area contributed by atoms with Gasteiger partial charge < -0.3 is 19.4 Å². The Morgan fingerprint density at radius 1 is 1.29 bits per heavy atom. The lowest BCUT2D eigenvalue weighted by molar-refractivity contribution is -0.0299. The van der Waals surface area contributed by atoms with Crippen molar-refractivity contribution in [2.45, 2.75) is 45.8 Å². The molecule has 2 unspecified atom stereocenters. The molecule has 0 aromatic carbocycles. The Morgan fingerprint density at radius 2 is 2.06 bits per heavy atom. The van der Waals surface area contributed by atoms with Crippen molar-refractivity contribution in [1.82, 2.24) is 24.3 Å². The number of piperidine rings is 1. The predicted octanol–water partition coefficient (Wildman–Crippen LogP) is 3.32. The second-order valence-corrected chi connectivity index (χ2v) is 8.69. The van der Waals surface area contributed by atoms with Gasteiger partial charge in [0.15, 0.2) is 11.5 Å². The molecule has 2 atom stereocenters. The second kappa shape index (κ2) is 7.88. The van der Waals surface area contributed by atoms with Crippen LogP contribution in [-0.4, -0.2) is 55.4 Å². The summed E-state index contributed by atoms with van der Waals surface area (Å²) in [5.74, 6) is -0.318. The topological polar surface area (TPSA) is 84.6 Å². The summed E-state index contributed by atoms with van der Waals surface area (Å²) in [5.41, 5.74) is 1.33. The number of halogens is 1. The molecule has 0 bridgehead atoms. The SMILES string of the molecule is Cc1cn2cc(NC(=O)c3cnc(OC4CCN(C)C(C)(C)C4C)cn3)cc(F)c2n1. The molecule has 1 fully saturated rings. The lowest BCUT2D eigenvalue weighted by Crippen LogP contribution is -2.56. The first-order valence-corrected chi connectivity index (χ1v) is 10.3. The van der Waals surface area contributed by atoms with E-state index in [4.69, 9.17) is 4.74 Å². The van der Waals surface area contributed by atoms with Gasteiger partial charge in [0.05, 0.1) is 23.8 Å². The monoisotopic (exact) mass is 426 g/mol. The summed E-state index contributed by atoms with van der Waals surface area (Å²) in [4.78, 5) is 27.4. The molecule has 1 aliphatic heterocycles. The highest BCUT2D eigenvalue weighted by Crippen LogP contribution is 2.33. The number of rotatable bonds is 4. The van der Waals surface area contributed by atoms with Crippen LogP contribution in [0.4, 0.5) is 10.1 Å². The first-order valence-electron chi connectivity index (χ1n) is 10.3. The van der Waals surface area contributed by atoms with E-state index < -0.39 is 11.7 Å². The molecule has 3 aromatic rings. The van der Waals surface area contributed by atoms with E-state index in [1.165, 1.54) is 22.9 Å². The number of hydrogen-bond donors (Lipinski definition) is 1. The van der Waals surface area contributed by atoms with E-state index >= 15 is 0 Å². The fourth-order valence-corrected chi connectivity index (χ4v) is 3.91. The van der Waals surface area contributed by atoms with Crippen molar-refractivity contribution in [2.75, 3.05) is 18.9 Å². The summed E-state index contributed by atoms with van der Waals surface area (Å²) in [6.45, 7) is 9.30. The van der Waals surface area contributed by atoms with Gasteiger partial charge in [-0.25, -0.2) is 19.3 Å². The van der Waals surface area contributed by atoms with Gasteiger partial charge in [0.25, 0.3) is 5.91 Å². The molecule has 31 heavy (non-hydrogen) atoms. The van der Waals surface area contributed by atoms with E-state index in [-0.39, 0.29) is 23.0 Å². The average Bonchev–Trinajstić information content (AvgIpc) is 3.10. The number of carbonyl (C=O) groups is 1. The largest absolute Gasteiger partial charge is 0.473 e. The molecule has 0 saturated carbocycles. The number of imidazole rings is 1. The van der Waals surface area contributed by atoms with Crippen LogP contribution in [0.3, 0.4) is 0 Å².